The van der Waals surface area contributed by atoms with E-state index < -0.39 is 38.2 Å². The molecule has 0 unspecified atom stereocenters. The third kappa shape index (κ3) is 5.14. The van der Waals surface area contributed by atoms with Crippen molar-refractivity contribution in [1.29, 1.82) is 0 Å². The van der Waals surface area contributed by atoms with Crippen LogP contribution < -0.4 is 0 Å². The fourth-order valence-electron chi connectivity index (χ4n) is 4.66. The maximum absolute atomic E-state index is 10.2. The zero-order valence-electron chi connectivity index (χ0n) is 22.0. The van der Waals surface area contributed by atoms with Crippen molar-refractivity contribution in [3.8, 4) is 0 Å². The van der Waals surface area contributed by atoms with Gasteiger partial charge in [0, 0.05) is 11.1 Å². The van der Waals surface area contributed by atoms with Gasteiger partial charge >= 0.3 is 0 Å². The summed E-state index contributed by atoms with van der Waals surface area (Å²) in [5.41, 5.74) is 2.74. The van der Waals surface area contributed by atoms with E-state index in [4.69, 9.17) is 23.4 Å². The zero-order valence-corrected chi connectivity index (χ0v) is 23.0. The van der Waals surface area contributed by atoms with Gasteiger partial charge < -0.3 is 28.5 Å². The molecule has 2 aromatic carbocycles. The summed E-state index contributed by atoms with van der Waals surface area (Å²) in [6, 6.07) is 18.1. The average Bonchev–Trinajstić information content (AvgIpc) is 3.42. The Hall–Kier alpha value is -1.58. The molecule has 6 nitrogen and oxygen atoms in total. The molecule has 2 heterocycles. The van der Waals surface area contributed by atoms with E-state index in [9.17, 15) is 5.11 Å². The number of aliphatic hydroxyl groups excluding tert-OH is 1. The van der Waals surface area contributed by atoms with Crippen molar-refractivity contribution in [3.63, 3.8) is 0 Å². The van der Waals surface area contributed by atoms with Gasteiger partial charge in [-0.3, -0.25) is 0 Å². The van der Waals surface area contributed by atoms with Crippen LogP contribution in [0.5, 0.6) is 0 Å². The Balaban J connectivity index is 1.88. The predicted molar refractivity (Wildman–Crippen MR) is 138 cm³/mol. The van der Waals surface area contributed by atoms with E-state index in [0.717, 1.165) is 16.7 Å². The summed E-state index contributed by atoms with van der Waals surface area (Å²) in [6.07, 6.45) is -1.51. The minimum Gasteiger partial charge on any atom is -0.407 e. The van der Waals surface area contributed by atoms with Gasteiger partial charge in [-0.15, -0.1) is 0 Å². The van der Waals surface area contributed by atoms with Crippen molar-refractivity contribution in [2.75, 3.05) is 19.8 Å². The summed E-state index contributed by atoms with van der Waals surface area (Å²) in [5, 5.41) is 10.2. The van der Waals surface area contributed by atoms with Crippen LogP contribution >= 0.6 is 0 Å². The Labute approximate surface area is 210 Å². The van der Waals surface area contributed by atoms with Gasteiger partial charge in [0.05, 0.1) is 25.9 Å². The van der Waals surface area contributed by atoms with Crippen LogP contribution in [0.4, 0.5) is 0 Å². The molecule has 0 bridgehead atoms. The molecule has 0 aromatic heterocycles. The number of hydrogen-bond acceptors (Lipinski definition) is 6. The minimum atomic E-state index is -2.27. The number of benzene rings is 2. The molecule has 192 valence electrons. The molecule has 0 spiro atoms. The Kier molecular flexibility index (Phi) is 7.34. The normalized spacial score (nSPS) is 25.0. The number of ether oxygens (including phenoxy) is 4. The first-order valence-corrected chi connectivity index (χ1v) is 15.4. The third-order valence-corrected chi connectivity index (χ3v) is 11.9. The molecule has 4 rings (SSSR count). The molecule has 0 aliphatic carbocycles. The highest BCUT2D eigenvalue weighted by molar-refractivity contribution is 6.74. The van der Waals surface area contributed by atoms with E-state index >= 15 is 0 Å². The van der Waals surface area contributed by atoms with Gasteiger partial charge in [0.25, 0.3) is 0 Å². The fraction of sp³-hybridized carbons (Fsp3) is 0.571. The van der Waals surface area contributed by atoms with Crippen LogP contribution in [0.3, 0.4) is 0 Å². The lowest BCUT2D eigenvalue weighted by Gasteiger charge is -2.42. The molecule has 2 aliphatic heterocycles. The molecule has 2 fully saturated rings. The second-order valence-electron chi connectivity index (χ2n) is 11.4. The lowest BCUT2D eigenvalue weighted by atomic mass is 9.88. The van der Waals surface area contributed by atoms with Gasteiger partial charge in [-0.25, -0.2) is 0 Å². The van der Waals surface area contributed by atoms with Crippen LogP contribution in [0, 0.1) is 0 Å². The number of rotatable bonds is 7. The van der Waals surface area contributed by atoms with Crippen molar-refractivity contribution in [2.24, 2.45) is 0 Å². The highest BCUT2D eigenvalue weighted by Crippen LogP contribution is 2.48. The third-order valence-electron chi connectivity index (χ3n) is 7.40. The molecule has 2 aromatic rings. The fourth-order valence-corrected chi connectivity index (χ4v) is 5.90. The second kappa shape index (κ2) is 9.71. The summed E-state index contributed by atoms with van der Waals surface area (Å²) in [4.78, 5) is 0. The summed E-state index contributed by atoms with van der Waals surface area (Å²) < 4.78 is 32.3. The Bertz CT molecular complexity index is 994. The molecule has 7 heteroatoms. The predicted octanol–water partition coefficient (Wildman–Crippen LogP) is 5.51. The largest absolute Gasteiger partial charge is 0.407 e. The van der Waals surface area contributed by atoms with Gasteiger partial charge in [0.1, 0.15) is 12.2 Å². The van der Waals surface area contributed by atoms with Crippen LogP contribution in [0.2, 0.25) is 18.1 Å². The average molecular weight is 501 g/mol. The summed E-state index contributed by atoms with van der Waals surface area (Å²) >= 11 is 0. The van der Waals surface area contributed by atoms with Gasteiger partial charge in [0.15, 0.2) is 14.1 Å². The van der Waals surface area contributed by atoms with Crippen LogP contribution in [-0.4, -0.2) is 51.2 Å². The van der Waals surface area contributed by atoms with Crippen LogP contribution in [0.1, 0.15) is 57.4 Å². The number of aliphatic hydroxyl groups is 1. The standard InChI is InChI=1S/C28H40O6Si/c1-26(2,3)35(6,7)34-24(25-23(19-29)32-27(4,5)33-25)21-15-11-12-16-22(21)28(30-17-18-31-28)20-13-9-8-10-14-20/h8-16,23-25,29H,17-19H2,1-7H3/t23-,24+,25-/m0/s1. The van der Waals surface area contributed by atoms with Gasteiger partial charge in [-0.1, -0.05) is 75.4 Å². The maximum Gasteiger partial charge on any atom is 0.222 e. The molecular formula is C28H40O6Si. The van der Waals surface area contributed by atoms with E-state index in [1.807, 2.05) is 62.4 Å². The maximum atomic E-state index is 10.2. The van der Waals surface area contributed by atoms with Gasteiger partial charge in [0.2, 0.25) is 5.79 Å². The quantitative estimate of drug-likeness (QED) is 0.506. The molecule has 2 aliphatic rings. The summed E-state index contributed by atoms with van der Waals surface area (Å²) in [7, 11) is -2.27. The topological polar surface area (TPSA) is 66.4 Å². The smallest absolute Gasteiger partial charge is 0.222 e. The van der Waals surface area contributed by atoms with E-state index in [1.54, 1.807) is 0 Å². The SMILES string of the molecule is CC1(C)O[C@H]([C@H](O[Si](C)(C)C(C)(C)C)c2ccccc2C2(c3ccccc3)OCCO2)[C@H](CO)O1. The molecule has 0 radical (unpaired) electrons. The monoisotopic (exact) mass is 500 g/mol. The molecule has 0 amide bonds. The van der Waals surface area contributed by atoms with Gasteiger partial charge in [-0.2, -0.15) is 0 Å². The minimum absolute atomic E-state index is 0.0264. The summed E-state index contributed by atoms with van der Waals surface area (Å²) in [6.45, 7) is 15.7. The van der Waals surface area contributed by atoms with E-state index in [2.05, 4.69) is 39.9 Å². The van der Waals surface area contributed by atoms with Crippen molar-refractivity contribution >= 4 is 8.32 Å². The first kappa shape index (κ1) is 26.5. The van der Waals surface area contributed by atoms with E-state index in [-0.39, 0.29) is 11.6 Å². The van der Waals surface area contributed by atoms with E-state index in [0.29, 0.717) is 13.2 Å². The van der Waals surface area contributed by atoms with Crippen LogP contribution in [0.15, 0.2) is 54.6 Å². The first-order valence-electron chi connectivity index (χ1n) is 12.5. The summed E-state index contributed by atoms with van der Waals surface area (Å²) in [5.74, 6) is -1.88. The lowest BCUT2D eigenvalue weighted by Crippen LogP contribution is -2.46. The van der Waals surface area contributed by atoms with Crippen molar-refractivity contribution in [1.82, 2.24) is 0 Å². The lowest BCUT2D eigenvalue weighted by molar-refractivity contribution is -0.157. The Morgan fingerprint density at radius 2 is 1.57 bits per heavy atom. The molecule has 1 N–H and O–H groups in total. The zero-order chi connectivity index (χ0) is 25.5. The first-order chi connectivity index (χ1) is 16.4. The van der Waals surface area contributed by atoms with Crippen LogP contribution in [-0.2, 0) is 29.2 Å². The van der Waals surface area contributed by atoms with Crippen molar-refractivity contribution in [3.05, 3.63) is 71.3 Å². The Morgan fingerprint density at radius 1 is 0.971 bits per heavy atom. The molecule has 0 saturated carbocycles. The molecule has 35 heavy (non-hydrogen) atoms. The van der Waals surface area contributed by atoms with E-state index in [1.165, 1.54) is 0 Å². The van der Waals surface area contributed by atoms with Crippen molar-refractivity contribution < 1.29 is 28.5 Å². The van der Waals surface area contributed by atoms with Crippen LogP contribution in [0.25, 0.3) is 0 Å². The molecule has 3 atom stereocenters. The van der Waals surface area contributed by atoms with Gasteiger partial charge in [-0.05, 0) is 37.5 Å². The highest BCUT2D eigenvalue weighted by Gasteiger charge is 2.51. The molecular weight excluding hydrogens is 460 g/mol. The van der Waals surface area contributed by atoms with Crippen molar-refractivity contribution in [2.45, 2.75) is 82.6 Å². The second-order valence-corrected chi connectivity index (χ2v) is 16.1. The number of hydrogen-bond donors (Lipinski definition) is 1. The highest BCUT2D eigenvalue weighted by atomic mass is 28.4. The Morgan fingerprint density at radius 3 is 2.17 bits per heavy atom. The molecule has 2 saturated heterocycles.